The number of para-hydroxylation sites is 1. The van der Waals surface area contributed by atoms with E-state index in [9.17, 15) is 0 Å². The van der Waals surface area contributed by atoms with Crippen molar-refractivity contribution >= 4 is 17.3 Å². The molecule has 0 fully saturated rings. The van der Waals surface area contributed by atoms with Crippen LogP contribution in [0.4, 0.5) is 5.69 Å². The average Bonchev–Trinajstić information content (AvgIpc) is 2.38. The minimum absolute atomic E-state index is 0.216. The van der Waals surface area contributed by atoms with Crippen LogP contribution in [-0.4, -0.2) is 5.88 Å². The van der Waals surface area contributed by atoms with Gasteiger partial charge in [-0.25, -0.2) is 0 Å². The van der Waals surface area contributed by atoms with Crippen molar-refractivity contribution in [1.82, 2.24) is 0 Å². The third-order valence-corrected chi connectivity index (χ3v) is 3.35. The molecule has 16 heavy (non-hydrogen) atoms. The Bertz CT molecular complexity index is 522. The fourth-order valence-electron chi connectivity index (χ4n) is 2.28. The van der Waals surface area contributed by atoms with Crippen molar-refractivity contribution < 1.29 is 0 Å². The number of benzene rings is 2. The van der Waals surface area contributed by atoms with E-state index in [1.807, 2.05) is 6.07 Å². The molecular weight excluding hydrogens is 218 g/mol. The van der Waals surface area contributed by atoms with Gasteiger partial charge in [-0.1, -0.05) is 42.5 Å². The van der Waals surface area contributed by atoms with Crippen molar-refractivity contribution in [1.29, 1.82) is 0 Å². The highest BCUT2D eigenvalue weighted by Gasteiger charge is 2.22. The first-order valence-electron chi connectivity index (χ1n) is 5.41. The molecule has 0 amide bonds. The molecule has 0 bridgehead atoms. The number of fused-ring (bicyclic) bond motifs is 3. The SMILES string of the molecule is ClC[C@H]1Nc2ccccc2-c2ccccc21. The number of hydrogen-bond donors (Lipinski definition) is 1. The van der Waals surface area contributed by atoms with Gasteiger partial charge in [0, 0.05) is 17.1 Å². The molecule has 1 aliphatic heterocycles. The first-order chi connectivity index (χ1) is 7.90. The van der Waals surface area contributed by atoms with Crippen molar-refractivity contribution in [3.05, 3.63) is 54.1 Å². The lowest BCUT2D eigenvalue weighted by molar-refractivity contribution is 0.885. The maximum Gasteiger partial charge on any atom is 0.0655 e. The highest BCUT2D eigenvalue weighted by molar-refractivity contribution is 6.18. The van der Waals surface area contributed by atoms with Crippen LogP contribution in [0, 0.1) is 0 Å². The van der Waals surface area contributed by atoms with Gasteiger partial charge in [0.25, 0.3) is 0 Å². The molecule has 0 saturated carbocycles. The molecule has 0 radical (unpaired) electrons. The van der Waals surface area contributed by atoms with Crippen LogP contribution in [0.5, 0.6) is 0 Å². The zero-order chi connectivity index (χ0) is 11.0. The standard InChI is InChI=1S/C14H12ClN/c15-9-14-12-7-2-1-5-10(12)11-6-3-4-8-13(11)16-14/h1-8,14,16H,9H2/t14-/m1/s1. The van der Waals surface area contributed by atoms with Gasteiger partial charge < -0.3 is 5.32 Å². The van der Waals surface area contributed by atoms with Gasteiger partial charge in [0.15, 0.2) is 0 Å². The Morgan fingerprint density at radius 2 is 1.62 bits per heavy atom. The first kappa shape index (κ1) is 9.73. The highest BCUT2D eigenvalue weighted by Crippen LogP contribution is 2.40. The van der Waals surface area contributed by atoms with E-state index in [2.05, 4.69) is 47.8 Å². The Morgan fingerprint density at radius 1 is 0.938 bits per heavy atom. The van der Waals surface area contributed by atoms with Crippen LogP contribution in [0.2, 0.25) is 0 Å². The molecule has 0 aromatic heterocycles. The maximum absolute atomic E-state index is 6.01. The van der Waals surface area contributed by atoms with Gasteiger partial charge in [0.2, 0.25) is 0 Å². The van der Waals surface area contributed by atoms with E-state index in [0.717, 1.165) is 0 Å². The molecule has 1 N–H and O–H groups in total. The van der Waals surface area contributed by atoms with E-state index in [1.165, 1.54) is 22.4 Å². The molecular formula is C14H12ClN. The van der Waals surface area contributed by atoms with E-state index in [0.29, 0.717) is 5.88 Å². The second-order valence-corrected chi connectivity index (χ2v) is 4.29. The second-order valence-electron chi connectivity index (χ2n) is 3.98. The molecule has 2 aromatic carbocycles. The number of rotatable bonds is 1. The van der Waals surface area contributed by atoms with Crippen LogP contribution >= 0.6 is 11.6 Å². The summed E-state index contributed by atoms with van der Waals surface area (Å²) in [5, 5.41) is 3.47. The molecule has 1 atom stereocenters. The van der Waals surface area contributed by atoms with Crippen molar-refractivity contribution in [2.45, 2.75) is 6.04 Å². The van der Waals surface area contributed by atoms with Crippen LogP contribution in [0.3, 0.4) is 0 Å². The Hall–Kier alpha value is -1.47. The topological polar surface area (TPSA) is 12.0 Å². The second kappa shape index (κ2) is 3.84. The summed E-state index contributed by atoms with van der Waals surface area (Å²) in [6.45, 7) is 0. The summed E-state index contributed by atoms with van der Waals surface area (Å²) in [7, 11) is 0. The Kier molecular flexibility index (Phi) is 2.33. The number of hydrogen-bond acceptors (Lipinski definition) is 1. The van der Waals surface area contributed by atoms with Gasteiger partial charge >= 0.3 is 0 Å². The molecule has 1 heterocycles. The van der Waals surface area contributed by atoms with Crippen LogP contribution < -0.4 is 5.32 Å². The molecule has 0 aliphatic carbocycles. The Balaban J connectivity index is 2.24. The molecule has 3 rings (SSSR count). The van der Waals surface area contributed by atoms with E-state index in [1.54, 1.807) is 0 Å². The normalized spacial score (nSPS) is 17.2. The van der Waals surface area contributed by atoms with Crippen molar-refractivity contribution in [2.75, 3.05) is 11.2 Å². The fourth-order valence-corrected chi connectivity index (χ4v) is 2.52. The zero-order valence-electron chi connectivity index (χ0n) is 8.78. The fraction of sp³-hybridized carbons (Fsp3) is 0.143. The third-order valence-electron chi connectivity index (χ3n) is 3.04. The van der Waals surface area contributed by atoms with Crippen LogP contribution in [0.1, 0.15) is 11.6 Å². The zero-order valence-corrected chi connectivity index (χ0v) is 9.54. The van der Waals surface area contributed by atoms with Gasteiger partial charge in [0.05, 0.1) is 6.04 Å². The van der Waals surface area contributed by atoms with E-state index >= 15 is 0 Å². The maximum atomic E-state index is 6.01. The quantitative estimate of drug-likeness (QED) is 0.728. The molecule has 1 aliphatic rings. The third kappa shape index (κ3) is 1.40. The Morgan fingerprint density at radius 3 is 2.44 bits per heavy atom. The molecule has 80 valence electrons. The van der Waals surface area contributed by atoms with Gasteiger partial charge in [-0.3, -0.25) is 0 Å². The number of halogens is 1. The largest absolute Gasteiger partial charge is 0.377 e. The Labute approximate surface area is 100 Å². The van der Waals surface area contributed by atoms with Crippen LogP contribution in [0.15, 0.2) is 48.5 Å². The van der Waals surface area contributed by atoms with Crippen LogP contribution in [-0.2, 0) is 0 Å². The minimum atomic E-state index is 0.216. The lowest BCUT2D eigenvalue weighted by atomic mass is 9.90. The number of nitrogens with one attached hydrogen (secondary N) is 1. The summed E-state index contributed by atoms with van der Waals surface area (Å²) in [5.41, 5.74) is 5.02. The molecule has 0 saturated heterocycles. The lowest BCUT2D eigenvalue weighted by Gasteiger charge is -2.28. The van der Waals surface area contributed by atoms with E-state index in [4.69, 9.17) is 11.6 Å². The van der Waals surface area contributed by atoms with E-state index < -0.39 is 0 Å². The molecule has 2 aromatic rings. The molecule has 0 spiro atoms. The van der Waals surface area contributed by atoms with Gasteiger partial charge in [-0.15, -0.1) is 11.6 Å². The molecule has 1 nitrogen and oxygen atoms in total. The number of alkyl halides is 1. The van der Waals surface area contributed by atoms with Crippen molar-refractivity contribution in [2.24, 2.45) is 0 Å². The predicted octanol–water partition coefficient (Wildman–Crippen LogP) is 4.06. The molecule has 2 heteroatoms. The predicted molar refractivity (Wildman–Crippen MR) is 69.0 cm³/mol. The van der Waals surface area contributed by atoms with Crippen molar-refractivity contribution in [3.8, 4) is 11.1 Å². The smallest absolute Gasteiger partial charge is 0.0655 e. The number of anilines is 1. The van der Waals surface area contributed by atoms with Gasteiger partial charge in [-0.05, 0) is 17.2 Å². The summed E-state index contributed by atoms with van der Waals surface area (Å²) < 4.78 is 0. The van der Waals surface area contributed by atoms with Crippen LogP contribution in [0.25, 0.3) is 11.1 Å². The highest BCUT2D eigenvalue weighted by atomic mass is 35.5. The summed E-state index contributed by atoms with van der Waals surface area (Å²) in [4.78, 5) is 0. The summed E-state index contributed by atoms with van der Waals surface area (Å²) in [5.74, 6) is 0.589. The summed E-state index contributed by atoms with van der Waals surface area (Å²) in [6.07, 6.45) is 0. The summed E-state index contributed by atoms with van der Waals surface area (Å²) in [6, 6.07) is 17.0. The van der Waals surface area contributed by atoms with Gasteiger partial charge in [-0.2, -0.15) is 0 Å². The van der Waals surface area contributed by atoms with Crippen molar-refractivity contribution in [3.63, 3.8) is 0 Å². The van der Waals surface area contributed by atoms with Gasteiger partial charge in [0.1, 0.15) is 0 Å². The minimum Gasteiger partial charge on any atom is -0.377 e. The lowest BCUT2D eigenvalue weighted by Crippen LogP contribution is -2.17. The monoisotopic (exact) mass is 229 g/mol. The van der Waals surface area contributed by atoms with E-state index in [-0.39, 0.29) is 6.04 Å². The summed E-state index contributed by atoms with van der Waals surface area (Å²) >= 11 is 6.01. The first-order valence-corrected chi connectivity index (χ1v) is 5.94. The molecule has 0 unspecified atom stereocenters. The average molecular weight is 230 g/mol.